The number of aliphatic hydroxyl groups excluding tert-OH is 1. The lowest BCUT2D eigenvalue weighted by Crippen LogP contribution is -2.12. The molecule has 0 saturated carbocycles. The van der Waals surface area contributed by atoms with Gasteiger partial charge in [0.05, 0.1) is 11.6 Å². The summed E-state index contributed by atoms with van der Waals surface area (Å²) in [6.07, 6.45) is 2.24. The first kappa shape index (κ1) is 12.1. The first-order valence-electron chi connectivity index (χ1n) is 6.24. The van der Waals surface area contributed by atoms with Gasteiger partial charge < -0.3 is 5.11 Å². The molecule has 1 atom stereocenters. The zero-order chi connectivity index (χ0) is 12.3. The summed E-state index contributed by atoms with van der Waals surface area (Å²) in [5.41, 5.74) is 3.19. The van der Waals surface area contributed by atoms with Crippen LogP contribution in [0.5, 0.6) is 0 Å². The van der Waals surface area contributed by atoms with Crippen molar-refractivity contribution < 1.29 is 5.11 Å². The lowest BCUT2D eigenvalue weighted by Gasteiger charge is -2.11. The minimum Gasteiger partial charge on any atom is -0.393 e. The number of nitrogens with zero attached hydrogens (tertiary/aromatic N) is 1. The van der Waals surface area contributed by atoms with E-state index in [1.807, 2.05) is 18.2 Å². The molecule has 2 nitrogen and oxygen atoms in total. The molecule has 2 heteroatoms. The number of hydrogen-bond acceptors (Lipinski definition) is 2. The van der Waals surface area contributed by atoms with Crippen LogP contribution in [0, 0.1) is 6.92 Å². The second-order valence-corrected chi connectivity index (χ2v) is 4.59. The minimum atomic E-state index is -0.271. The number of para-hydroxylation sites is 1. The van der Waals surface area contributed by atoms with Gasteiger partial charge in [0.15, 0.2) is 0 Å². The van der Waals surface area contributed by atoms with Crippen molar-refractivity contribution in [2.24, 2.45) is 0 Å². The molecule has 0 spiro atoms. The van der Waals surface area contributed by atoms with Crippen molar-refractivity contribution in [3.05, 3.63) is 41.6 Å². The van der Waals surface area contributed by atoms with Crippen LogP contribution in [0.25, 0.3) is 10.9 Å². The Balaban J connectivity index is 2.31. The molecule has 1 unspecified atom stereocenters. The van der Waals surface area contributed by atoms with E-state index < -0.39 is 0 Å². The van der Waals surface area contributed by atoms with Crippen molar-refractivity contribution in [1.82, 2.24) is 4.98 Å². The van der Waals surface area contributed by atoms with Crippen molar-refractivity contribution >= 4 is 10.9 Å². The summed E-state index contributed by atoms with van der Waals surface area (Å²) in [6, 6.07) is 10.3. The largest absolute Gasteiger partial charge is 0.393 e. The zero-order valence-corrected chi connectivity index (χ0v) is 10.5. The van der Waals surface area contributed by atoms with Crippen LogP contribution in [0.4, 0.5) is 0 Å². The van der Waals surface area contributed by atoms with Crippen molar-refractivity contribution in [2.75, 3.05) is 0 Å². The standard InChI is InChI=1S/C15H19NO/c1-3-6-13(17)10-15-11(2)9-12-7-4-5-8-14(12)16-15/h4-5,7-9,13,17H,3,6,10H2,1-2H3. The number of aliphatic hydroxyl groups is 1. The van der Waals surface area contributed by atoms with Crippen molar-refractivity contribution in [3.63, 3.8) is 0 Å². The predicted molar refractivity (Wildman–Crippen MR) is 71.1 cm³/mol. The van der Waals surface area contributed by atoms with Gasteiger partial charge in [0.1, 0.15) is 0 Å². The second-order valence-electron chi connectivity index (χ2n) is 4.59. The third-order valence-corrected chi connectivity index (χ3v) is 3.07. The van der Waals surface area contributed by atoms with E-state index in [0.29, 0.717) is 6.42 Å². The van der Waals surface area contributed by atoms with Crippen molar-refractivity contribution in [1.29, 1.82) is 0 Å². The molecule has 2 rings (SSSR count). The summed E-state index contributed by atoms with van der Waals surface area (Å²) in [6.45, 7) is 4.15. The number of rotatable bonds is 4. The zero-order valence-electron chi connectivity index (χ0n) is 10.5. The Morgan fingerprint density at radius 2 is 2.06 bits per heavy atom. The topological polar surface area (TPSA) is 33.1 Å². The van der Waals surface area contributed by atoms with E-state index in [1.165, 1.54) is 10.9 Å². The molecule has 0 bridgehead atoms. The van der Waals surface area contributed by atoms with Gasteiger partial charge in [0.25, 0.3) is 0 Å². The molecule has 2 aromatic rings. The molecule has 0 aliphatic rings. The van der Waals surface area contributed by atoms with E-state index in [9.17, 15) is 5.11 Å². The quantitative estimate of drug-likeness (QED) is 0.873. The first-order chi connectivity index (χ1) is 8.20. The maximum absolute atomic E-state index is 9.86. The fraction of sp³-hybridized carbons (Fsp3) is 0.400. The Labute approximate surface area is 102 Å². The third kappa shape index (κ3) is 2.83. The Kier molecular flexibility index (Phi) is 3.75. The molecular weight excluding hydrogens is 210 g/mol. The summed E-state index contributed by atoms with van der Waals surface area (Å²) in [5.74, 6) is 0. The Hall–Kier alpha value is -1.41. The summed E-state index contributed by atoms with van der Waals surface area (Å²) >= 11 is 0. The second kappa shape index (κ2) is 5.28. The molecule has 0 amide bonds. The van der Waals surface area contributed by atoms with E-state index in [1.54, 1.807) is 0 Å². The van der Waals surface area contributed by atoms with Crippen LogP contribution in [0.2, 0.25) is 0 Å². The maximum Gasteiger partial charge on any atom is 0.0705 e. The van der Waals surface area contributed by atoms with Gasteiger partial charge >= 0.3 is 0 Å². The number of aromatic nitrogens is 1. The fourth-order valence-electron chi connectivity index (χ4n) is 2.13. The highest BCUT2D eigenvalue weighted by Gasteiger charge is 2.09. The maximum atomic E-state index is 9.86. The van der Waals surface area contributed by atoms with Crippen LogP contribution in [0.3, 0.4) is 0 Å². The highest BCUT2D eigenvalue weighted by Crippen LogP contribution is 2.17. The van der Waals surface area contributed by atoms with Gasteiger partial charge in [-0.05, 0) is 31.0 Å². The number of hydrogen-bond donors (Lipinski definition) is 1. The van der Waals surface area contributed by atoms with E-state index in [-0.39, 0.29) is 6.10 Å². The van der Waals surface area contributed by atoms with Crippen LogP contribution in [-0.4, -0.2) is 16.2 Å². The van der Waals surface area contributed by atoms with Gasteiger partial charge in [0.2, 0.25) is 0 Å². The molecule has 0 fully saturated rings. The highest BCUT2D eigenvalue weighted by molar-refractivity contribution is 5.79. The van der Waals surface area contributed by atoms with Crippen molar-refractivity contribution in [2.45, 2.75) is 39.2 Å². The molecule has 0 radical (unpaired) electrons. The summed E-state index contributed by atoms with van der Waals surface area (Å²) in [7, 11) is 0. The summed E-state index contributed by atoms with van der Waals surface area (Å²) in [5, 5.41) is 11.0. The minimum absolute atomic E-state index is 0.271. The van der Waals surface area contributed by atoms with E-state index >= 15 is 0 Å². The average Bonchev–Trinajstić information content (AvgIpc) is 2.30. The fourth-order valence-corrected chi connectivity index (χ4v) is 2.13. The van der Waals surface area contributed by atoms with Gasteiger partial charge in [0, 0.05) is 17.5 Å². The molecular formula is C15H19NO. The van der Waals surface area contributed by atoms with Gasteiger partial charge in [-0.15, -0.1) is 0 Å². The molecule has 1 aromatic heterocycles. The smallest absolute Gasteiger partial charge is 0.0705 e. The molecule has 90 valence electrons. The Morgan fingerprint density at radius 3 is 2.82 bits per heavy atom. The molecule has 1 heterocycles. The van der Waals surface area contributed by atoms with Gasteiger partial charge in [-0.1, -0.05) is 31.5 Å². The van der Waals surface area contributed by atoms with Crippen LogP contribution in [0.15, 0.2) is 30.3 Å². The predicted octanol–water partition coefficient (Wildman–Crippen LogP) is 3.25. The summed E-state index contributed by atoms with van der Waals surface area (Å²) in [4.78, 5) is 4.64. The monoisotopic (exact) mass is 229 g/mol. The van der Waals surface area contributed by atoms with Gasteiger partial charge in [-0.2, -0.15) is 0 Å². The van der Waals surface area contributed by atoms with Crippen LogP contribution < -0.4 is 0 Å². The van der Waals surface area contributed by atoms with Crippen LogP contribution >= 0.6 is 0 Å². The number of aryl methyl sites for hydroxylation is 1. The van der Waals surface area contributed by atoms with Gasteiger partial charge in [-0.25, -0.2) is 0 Å². The number of pyridine rings is 1. The molecule has 1 aromatic carbocycles. The molecule has 1 N–H and O–H groups in total. The van der Waals surface area contributed by atoms with E-state index in [2.05, 4.69) is 31.0 Å². The molecule has 17 heavy (non-hydrogen) atoms. The molecule has 0 aliphatic heterocycles. The lowest BCUT2D eigenvalue weighted by molar-refractivity contribution is 0.162. The highest BCUT2D eigenvalue weighted by atomic mass is 16.3. The number of fused-ring (bicyclic) bond motifs is 1. The normalized spacial score (nSPS) is 12.9. The number of benzene rings is 1. The Morgan fingerprint density at radius 1 is 1.29 bits per heavy atom. The average molecular weight is 229 g/mol. The van der Waals surface area contributed by atoms with E-state index in [0.717, 1.165) is 24.1 Å². The summed E-state index contributed by atoms with van der Waals surface area (Å²) < 4.78 is 0. The van der Waals surface area contributed by atoms with Gasteiger partial charge in [-0.3, -0.25) is 4.98 Å². The Bertz CT molecular complexity index is 507. The van der Waals surface area contributed by atoms with Crippen molar-refractivity contribution in [3.8, 4) is 0 Å². The SMILES string of the molecule is CCCC(O)Cc1nc2ccccc2cc1C. The first-order valence-corrected chi connectivity index (χ1v) is 6.24. The van der Waals surface area contributed by atoms with Crippen LogP contribution in [-0.2, 0) is 6.42 Å². The van der Waals surface area contributed by atoms with Crippen LogP contribution in [0.1, 0.15) is 31.0 Å². The third-order valence-electron chi connectivity index (χ3n) is 3.07. The lowest BCUT2D eigenvalue weighted by atomic mass is 10.0. The molecule has 0 saturated heterocycles. The van der Waals surface area contributed by atoms with E-state index in [4.69, 9.17) is 0 Å². The molecule has 0 aliphatic carbocycles.